The van der Waals surface area contributed by atoms with E-state index in [0.29, 0.717) is 0 Å². The van der Waals surface area contributed by atoms with Gasteiger partial charge in [-0.3, -0.25) is 9.36 Å². The second kappa shape index (κ2) is 7.40. The van der Waals surface area contributed by atoms with Crippen molar-refractivity contribution in [3.8, 4) is 0 Å². The van der Waals surface area contributed by atoms with Gasteiger partial charge >= 0.3 is 11.9 Å². The van der Waals surface area contributed by atoms with Crippen LogP contribution < -0.4 is 5.32 Å². The number of aliphatic carboxylic acids is 2. The van der Waals surface area contributed by atoms with Crippen LogP contribution in [0.4, 0.5) is 5.82 Å². The molecule has 1 aliphatic rings. The number of nitrogens with zero attached hydrogens (tertiary/aromatic N) is 4. The largest absolute Gasteiger partial charge is 0.481 e. The molecule has 3 heterocycles. The maximum atomic E-state index is 11.2. The summed E-state index contributed by atoms with van der Waals surface area (Å²) >= 11 is 0. The predicted octanol–water partition coefficient (Wildman–Crippen LogP) is -2.22. The zero-order valence-electron chi connectivity index (χ0n) is 13.7. The highest BCUT2D eigenvalue weighted by Gasteiger charge is 2.44. The summed E-state index contributed by atoms with van der Waals surface area (Å²) in [4.78, 5) is 34.0. The molecule has 0 amide bonds. The molecule has 13 heteroatoms. The highest BCUT2D eigenvalue weighted by molar-refractivity contribution is 5.88. The van der Waals surface area contributed by atoms with Crippen molar-refractivity contribution in [2.45, 2.75) is 37.0 Å². The quantitative estimate of drug-likeness (QED) is 0.301. The fraction of sp³-hybridized carbons (Fsp3) is 0.500. The topological polar surface area (TPSA) is 200 Å². The summed E-state index contributed by atoms with van der Waals surface area (Å²) < 4.78 is 6.72. The Morgan fingerprint density at radius 1 is 1.22 bits per heavy atom. The van der Waals surface area contributed by atoms with Crippen LogP contribution in [0.3, 0.4) is 0 Å². The Labute approximate surface area is 150 Å². The smallest absolute Gasteiger partial charge is 0.326 e. The number of aliphatic hydroxyl groups is 3. The van der Waals surface area contributed by atoms with Crippen LogP contribution in [0.15, 0.2) is 12.7 Å². The Morgan fingerprint density at radius 3 is 2.56 bits per heavy atom. The molecule has 0 unspecified atom stereocenters. The van der Waals surface area contributed by atoms with Crippen LogP contribution >= 0.6 is 0 Å². The molecule has 1 saturated heterocycles. The molecule has 27 heavy (non-hydrogen) atoms. The standard InChI is InChI=1S/C14H17N5O8/c20-2-6-9(23)10(24)13(27-6)19-4-17-8-11(15-3-16-12(8)19)18-5(14(25)26)1-7(21)22/h3-6,9-10,13,20,23-24H,1-2H2,(H,21,22)(H,25,26)(H,15,16,18)/t5-,6+,9+,10+,13-/m0/s1. The normalized spacial score (nSPS) is 26.2. The van der Waals surface area contributed by atoms with E-state index in [2.05, 4.69) is 20.3 Å². The first-order chi connectivity index (χ1) is 12.8. The minimum atomic E-state index is -1.44. The van der Waals surface area contributed by atoms with E-state index in [0.717, 1.165) is 6.33 Å². The number of carbonyl (C=O) groups is 2. The minimum Gasteiger partial charge on any atom is -0.481 e. The maximum absolute atomic E-state index is 11.2. The van der Waals surface area contributed by atoms with Crippen molar-refractivity contribution < 1.29 is 39.9 Å². The van der Waals surface area contributed by atoms with Gasteiger partial charge in [-0.25, -0.2) is 19.7 Å². The van der Waals surface area contributed by atoms with Crippen LogP contribution in [-0.2, 0) is 14.3 Å². The van der Waals surface area contributed by atoms with Crippen LogP contribution in [0, 0.1) is 0 Å². The molecule has 2 aromatic heterocycles. The molecular weight excluding hydrogens is 366 g/mol. The monoisotopic (exact) mass is 383 g/mol. The molecule has 6 N–H and O–H groups in total. The average Bonchev–Trinajstić information content (AvgIpc) is 3.16. The Hall–Kier alpha value is -2.87. The number of imidazole rings is 1. The fourth-order valence-electron chi connectivity index (χ4n) is 2.79. The third kappa shape index (κ3) is 3.52. The van der Waals surface area contributed by atoms with Gasteiger partial charge in [-0.05, 0) is 0 Å². The number of hydrogen-bond donors (Lipinski definition) is 6. The van der Waals surface area contributed by atoms with Gasteiger partial charge in [-0.1, -0.05) is 0 Å². The molecule has 146 valence electrons. The van der Waals surface area contributed by atoms with Gasteiger partial charge in [0.05, 0.1) is 19.4 Å². The van der Waals surface area contributed by atoms with Crippen molar-refractivity contribution in [1.82, 2.24) is 19.5 Å². The highest BCUT2D eigenvalue weighted by atomic mass is 16.6. The SMILES string of the molecule is O=C(O)C[C@H](Nc1ncnc2c1ncn2[C@H]1O[C@H](CO)[C@@H](O)[C@H]1O)C(=O)O. The Kier molecular flexibility index (Phi) is 5.18. The van der Waals surface area contributed by atoms with Gasteiger partial charge in [-0.15, -0.1) is 0 Å². The number of carboxylic acids is 2. The van der Waals surface area contributed by atoms with E-state index in [-0.39, 0.29) is 17.0 Å². The summed E-state index contributed by atoms with van der Waals surface area (Å²) in [5.74, 6) is -2.71. The molecule has 0 bridgehead atoms. The summed E-state index contributed by atoms with van der Waals surface area (Å²) in [5, 5.41) is 49.7. The van der Waals surface area contributed by atoms with Crippen molar-refractivity contribution in [2.75, 3.05) is 11.9 Å². The van der Waals surface area contributed by atoms with Gasteiger partial charge in [0.25, 0.3) is 0 Å². The van der Waals surface area contributed by atoms with Crippen LogP contribution in [0.1, 0.15) is 12.6 Å². The third-order valence-corrected chi connectivity index (χ3v) is 4.14. The maximum Gasteiger partial charge on any atom is 0.326 e. The summed E-state index contributed by atoms with van der Waals surface area (Å²) in [6.07, 6.45) is -3.08. The van der Waals surface area contributed by atoms with E-state index >= 15 is 0 Å². The van der Waals surface area contributed by atoms with Gasteiger partial charge in [0.1, 0.15) is 30.7 Å². The van der Waals surface area contributed by atoms with Crippen LogP contribution in [-0.4, -0.2) is 88.0 Å². The van der Waals surface area contributed by atoms with Crippen LogP contribution in [0.5, 0.6) is 0 Å². The fourth-order valence-corrected chi connectivity index (χ4v) is 2.79. The van der Waals surface area contributed by atoms with E-state index < -0.39 is 55.5 Å². The Bertz CT molecular complexity index is 857. The zero-order valence-corrected chi connectivity index (χ0v) is 13.7. The van der Waals surface area contributed by atoms with Crippen LogP contribution in [0.25, 0.3) is 11.2 Å². The summed E-state index contributed by atoms with van der Waals surface area (Å²) in [6.45, 7) is -0.501. The Morgan fingerprint density at radius 2 is 1.96 bits per heavy atom. The summed E-state index contributed by atoms with van der Waals surface area (Å²) in [5.41, 5.74) is 0.272. The van der Waals surface area contributed by atoms with E-state index in [9.17, 15) is 24.9 Å². The number of aromatic nitrogens is 4. The molecule has 5 atom stereocenters. The number of rotatable bonds is 7. The van der Waals surface area contributed by atoms with Gasteiger partial charge in [0.2, 0.25) is 0 Å². The van der Waals surface area contributed by atoms with Crippen molar-refractivity contribution in [2.24, 2.45) is 0 Å². The van der Waals surface area contributed by atoms with E-state index in [1.54, 1.807) is 0 Å². The number of fused-ring (bicyclic) bond motifs is 1. The van der Waals surface area contributed by atoms with Crippen molar-refractivity contribution in [1.29, 1.82) is 0 Å². The summed E-state index contributed by atoms with van der Waals surface area (Å²) in [6, 6.07) is -1.44. The number of aliphatic hydroxyl groups excluding tert-OH is 3. The zero-order chi connectivity index (χ0) is 19.7. The summed E-state index contributed by atoms with van der Waals surface area (Å²) in [7, 11) is 0. The molecule has 0 radical (unpaired) electrons. The minimum absolute atomic E-state index is 0.0147. The average molecular weight is 383 g/mol. The van der Waals surface area contributed by atoms with E-state index in [4.69, 9.17) is 14.9 Å². The van der Waals surface area contributed by atoms with Crippen molar-refractivity contribution >= 4 is 28.9 Å². The molecule has 0 spiro atoms. The molecular formula is C14H17N5O8. The highest BCUT2D eigenvalue weighted by Crippen LogP contribution is 2.32. The second-order valence-electron chi connectivity index (χ2n) is 5.91. The molecule has 0 aromatic carbocycles. The van der Waals surface area contributed by atoms with Gasteiger partial charge in [-0.2, -0.15) is 0 Å². The second-order valence-corrected chi connectivity index (χ2v) is 5.91. The van der Waals surface area contributed by atoms with Crippen LogP contribution in [0.2, 0.25) is 0 Å². The molecule has 1 aliphatic heterocycles. The number of hydrogen-bond acceptors (Lipinski definition) is 10. The Balaban J connectivity index is 1.93. The van der Waals surface area contributed by atoms with Crippen molar-refractivity contribution in [3.63, 3.8) is 0 Å². The number of anilines is 1. The molecule has 0 saturated carbocycles. The lowest BCUT2D eigenvalue weighted by Crippen LogP contribution is -2.33. The lowest BCUT2D eigenvalue weighted by molar-refractivity contribution is -0.144. The first kappa shape index (κ1) is 18.9. The molecule has 13 nitrogen and oxygen atoms in total. The third-order valence-electron chi connectivity index (χ3n) is 4.14. The molecule has 2 aromatic rings. The van der Waals surface area contributed by atoms with Gasteiger partial charge in [0.15, 0.2) is 23.2 Å². The first-order valence-electron chi connectivity index (χ1n) is 7.84. The van der Waals surface area contributed by atoms with E-state index in [1.807, 2.05) is 0 Å². The van der Waals surface area contributed by atoms with E-state index in [1.165, 1.54) is 10.9 Å². The van der Waals surface area contributed by atoms with Crippen molar-refractivity contribution in [3.05, 3.63) is 12.7 Å². The lowest BCUT2D eigenvalue weighted by Gasteiger charge is -2.17. The molecule has 1 fully saturated rings. The number of nitrogens with one attached hydrogen (secondary N) is 1. The van der Waals surface area contributed by atoms with Gasteiger partial charge in [0, 0.05) is 0 Å². The molecule has 3 rings (SSSR count). The first-order valence-corrected chi connectivity index (χ1v) is 7.84. The van der Waals surface area contributed by atoms with Gasteiger partial charge < -0.3 is 35.6 Å². The number of carboxylic acid groups (broad SMARTS) is 2. The lowest BCUT2D eigenvalue weighted by atomic mass is 10.1. The molecule has 0 aliphatic carbocycles. The number of ether oxygens (including phenoxy) is 1. The predicted molar refractivity (Wildman–Crippen MR) is 85.6 cm³/mol.